The van der Waals surface area contributed by atoms with Crippen molar-refractivity contribution in [1.82, 2.24) is 0 Å². The van der Waals surface area contributed by atoms with Gasteiger partial charge in [-0.1, -0.05) is 30.3 Å². The lowest BCUT2D eigenvalue weighted by Gasteiger charge is -1.97. The van der Waals surface area contributed by atoms with E-state index >= 15 is 0 Å². The Morgan fingerprint density at radius 1 is 0.882 bits per heavy atom. The van der Waals surface area contributed by atoms with Gasteiger partial charge >= 0.3 is 0 Å². The smallest absolute Gasteiger partial charge is 0.120 e. The Balaban J connectivity index is 0.000000171. The number of nitrogen functional groups attached to an aromatic ring is 1. The Labute approximate surface area is 103 Å². The van der Waals surface area contributed by atoms with Gasteiger partial charge in [0.2, 0.25) is 0 Å². The van der Waals surface area contributed by atoms with Crippen LogP contribution in [-0.4, -0.2) is 7.11 Å². The number of rotatable bonds is 1. The van der Waals surface area contributed by atoms with Crippen LogP contribution >= 0.6 is 0 Å². The largest absolute Gasteiger partial charge is 0.497 e. The van der Waals surface area contributed by atoms with Crippen LogP contribution in [0.1, 0.15) is 11.1 Å². The second kappa shape index (κ2) is 6.59. The van der Waals surface area contributed by atoms with Gasteiger partial charge in [0.1, 0.15) is 5.75 Å². The SMILES string of the molecule is COc1cccc(N)c1.Cc1ccccc1C. The molecule has 0 aliphatic heterocycles. The average molecular weight is 229 g/mol. The highest BCUT2D eigenvalue weighted by Gasteiger charge is 1.87. The van der Waals surface area contributed by atoms with Crippen molar-refractivity contribution in [2.45, 2.75) is 13.8 Å². The molecular weight excluding hydrogens is 210 g/mol. The zero-order chi connectivity index (χ0) is 12.7. The molecule has 0 saturated heterocycles. The van der Waals surface area contributed by atoms with Crippen molar-refractivity contribution < 1.29 is 4.74 Å². The number of nitrogens with two attached hydrogens (primary N) is 1. The lowest BCUT2D eigenvalue weighted by atomic mass is 10.1. The molecule has 0 atom stereocenters. The van der Waals surface area contributed by atoms with Crippen molar-refractivity contribution in [3.8, 4) is 5.75 Å². The van der Waals surface area contributed by atoms with E-state index in [1.807, 2.05) is 18.2 Å². The van der Waals surface area contributed by atoms with E-state index in [4.69, 9.17) is 10.5 Å². The molecule has 2 rings (SSSR count). The standard InChI is InChI=1S/C8H10.C7H9NO/c1-7-5-3-4-6-8(7)2;1-9-7-4-2-3-6(8)5-7/h3-6H,1-2H3;2-5H,8H2,1H3. The number of hydrogen-bond acceptors (Lipinski definition) is 2. The third-order valence-corrected chi connectivity index (χ3v) is 2.52. The normalized spacial score (nSPS) is 9.12. The fourth-order valence-corrected chi connectivity index (χ4v) is 1.30. The first-order valence-electron chi connectivity index (χ1n) is 5.55. The summed E-state index contributed by atoms with van der Waals surface area (Å²) in [6.07, 6.45) is 0. The zero-order valence-electron chi connectivity index (χ0n) is 10.6. The fraction of sp³-hybridized carbons (Fsp3) is 0.200. The summed E-state index contributed by atoms with van der Waals surface area (Å²) in [5, 5.41) is 0. The van der Waals surface area contributed by atoms with Crippen LogP contribution < -0.4 is 10.5 Å². The molecule has 0 aromatic heterocycles. The third kappa shape index (κ3) is 4.60. The summed E-state index contributed by atoms with van der Waals surface area (Å²) >= 11 is 0. The van der Waals surface area contributed by atoms with Crippen LogP contribution in [0, 0.1) is 13.8 Å². The van der Waals surface area contributed by atoms with Crippen molar-refractivity contribution in [1.29, 1.82) is 0 Å². The summed E-state index contributed by atoms with van der Waals surface area (Å²) in [5.41, 5.74) is 8.92. The van der Waals surface area contributed by atoms with Crippen LogP contribution in [0.3, 0.4) is 0 Å². The minimum absolute atomic E-state index is 0.731. The van der Waals surface area contributed by atoms with Gasteiger partial charge in [0, 0.05) is 11.8 Å². The molecule has 0 spiro atoms. The Morgan fingerprint density at radius 2 is 1.47 bits per heavy atom. The van der Waals surface area contributed by atoms with E-state index in [-0.39, 0.29) is 0 Å². The summed E-state index contributed by atoms with van der Waals surface area (Å²) in [4.78, 5) is 0. The van der Waals surface area contributed by atoms with Crippen LogP contribution in [0.2, 0.25) is 0 Å². The second-order valence-electron chi connectivity index (χ2n) is 3.86. The summed E-state index contributed by atoms with van der Waals surface area (Å²) in [6.45, 7) is 4.24. The first-order valence-corrected chi connectivity index (χ1v) is 5.55. The van der Waals surface area contributed by atoms with Crippen LogP contribution in [0.15, 0.2) is 48.5 Å². The lowest BCUT2D eigenvalue weighted by molar-refractivity contribution is 0.415. The molecule has 0 radical (unpaired) electrons. The molecule has 0 amide bonds. The van der Waals surface area contributed by atoms with E-state index in [1.54, 1.807) is 13.2 Å². The van der Waals surface area contributed by atoms with Crippen LogP contribution in [0.5, 0.6) is 5.75 Å². The summed E-state index contributed by atoms with van der Waals surface area (Å²) < 4.78 is 4.92. The van der Waals surface area contributed by atoms with Crippen LogP contribution in [0.4, 0.5) is 5.69 Å². The van der Waals surface area contributed by atoms with E-state index in [2.05, 4.69) is 38.1 Å². The number of aryl methyl sites for hydroxylation is 2. The minimum Gasteiger partial charge on any atom is -0.497 e. The molecule has 0 aliphatic rings. The Kier molecular flexibility index (Phi) is 5.08. The van der Waals surface area contributed by atoms with Gasteiger partial charge in [0.25, 0.3) is 0 Å². The predicted molar refractivity (Wildman–Crippen MR) is 73.3 cm³/mol. The van der Waals surface area contributed by atoms with Gasteiger partial charge in [-0.15, -0.1) is 0 Å². The van der Waals surface area contributed by atoms with E-state index in [0.29, 0.717) is 0 Å². The molecule has 0 bridgehead atoms. The van der Waals surface area contributed by atoms with Gasteiger partial charge in [-0.25, -0.2) is 0 Å². The molecule has 0 fully saturated rings. The molecule has 2 heteroatoms. The highest BCUT2D eigenvalue weighted by Crippen LogP contribution is 2.12. The van der Waals surface area contributed by atoms with Gasteiger partial charge in [-0.2, -0.15) is 0 Å². The average Bonchev–Trinajstić information content (AvgIpc) is 2.34. The van der Waals surface area contributed by atoms with Crippen molar-refractivity contribution in [3.63, 3.8) is 0 Å². The Morgan fingerprint density at radius 3 is 1.82 bits per heavy atom. The Hall–Kier alpha value is -1.96. The highest BCUT2D eigenvalue weighted by molar-refractivity contribution is 5.43. The quantitative estimate of drug-likeness (QED) is 0.758. The number of benzene rings is 2. The highest BCUT2D eigenvalue weighted by atomic mass is 16.5. The molecule has 90 valence electrons. The molecule has 2 aromatic carbocycles. The van der Waals surface area contributed by atoms with Gasteiger partial charge in [-0.3, -0.25) is 0 Å². The summed E-state index contributed by atoms with van der Waals surface area (Å²) in [7, 11) is 1.62. The summed E-state index contributed by atoms with van der Waals surface area (Å²) in [5.74, 6) is 0.801. The Bertz CT molecular complexity index is 445. The molecule has 0 saturated carbocycles. The molecule has 0 aliphatic carbocycles. The number of hydrogen-bond donors (Lipinski definition) is 1. The number of anilines is 1. The third-order valence-electron chi connectivity index (χ3n) is 2.52. The van der Waals surface area contributed by atoms with Gasteiger partial charge in [0.05, 0.1) is 7.11 Å². The fourth-order valence-electron chi connectivity index (χ4n) is 1.30. The molecule has 2 nitrogen and oxygen atoms in total. The number of methoxy groups -OCH3 is 1. The minimum atomic E-state index is 0.731. The maximum Gasteiger partial charge on any atom is 0.120 e. The molecular formula is C15H19NO. The molecule has 0 unspecified atom stereocenters. The van der Waals surface area contributed by atoms with Crippen LogP contribution in [-0.2, 0) is 0 Å². The lowest BCUT2D eigenvalue weighted by Crippen LogP contribution is -1.86. The maximum absolute atomic E-state index is 5.45. The van der Waals surface area contributed by atoms with Crippen LogP contribution in [0.25, 0.3) is 0 Å². The zero-order valence-corrected chi connectivity index (χ0v) is 10.6. The van der Waals surface area contributed by atoms with Crippen molar-refractivity contribution in [2.24, 2.45) is 0 Å². The van der Waals surface area contributed by atoms with E-state index in [0.717, 1.165) is 11.4 Å². The van der Waals surface area contributed by atoms with Crippen molar-refractivity contribution in [3.05, 3.63) is 59.7 Å². The van der Waals surface area contributed by atoms with Gasteiger partial charge in [0.15, 0.2) is 0 Å². The van der Waals surface area contributed by atoms with Crippen molar-refractivity contribution in [2.75, 3.05) is 12.8 Å². The predicted octanol–water partition coefficient (Wildman–Crippen LogP) is 3.58. The van der Waals surface area contributed by atoms with Gasteiger partial charge < -0.3 is 10.5 Å². The first-order chi connectivity index (χ1) is 8.13. The van der Waals surface area contributed by atoms with E-state index in [9.17, 15) is 0 Å². The summed E-state index contributed by atoms with van der Waals surface area (Å²) in [6, 6.07) is 15.7. The maximum atomic E-state index is 5.45. The van der Waals surface area contributed by atoms with Crippen molar-refractivity contribution >= 4 is 5.69 Å². The molecule has 17 heavy (non-hydrogen) atoms. The van der Waals surface area contributed by atoms with E-state index < -0.39 is 0 Å². The topological polar surface area (TPSA) is 35.2 Å². The second-order valence-corrected chi connectivity index (χ2v) is 3.86. The molecule has 2 aromatic rings. The molecule has 2 N–H and O–H groups in total. The molecule has 0 heterocycles. The monoisotopic (exact) mass is 229 g/mol. The first kappa shape index (κ1) is 13.1. The van der Waals surface area contributed by atoms with Gasteiger partial charge in [-0.05, 0) is 37.1 Å². The number of ether oxygens (including phenoxy) is 1. The van der Waals surface area contributed by atoms with E-state index in [1.165, 1.54) is 11.1 Å².